The second-order valence-electron chi connectivity index (χ2n) is 4.90. The van der Waals surface area contributed by atoms with Crippen molar-refractivity contribution in [1.82, 2.24) is 5.32 Å². The summed E-state index contributed by atoms with van der Waals surface area (Å²) in [5.74, 6) is 1.60. The largest absolute Gasteiger partial charge is 0.377 e. The molecule has 1 N–H and O–H groups in total. The Morgan fingerprint density at radius 2 is 2.29 bits per heavy atom. The Bertz CT molecular complexity index is 217. The Kier molecular flexibility index (Phi) is 8.06. The molecule has 1 aliphatic rings. The smallest absolute Gasteiger partial charge is 0.0691 e. The van der Waals surface area contributed by atoms with Gasteiger partial charge in [-0.05, 0) is 39.2 Å². The summed E-state index contributed by atoms with van der Waals surface area (Å²) in [7, 11) is -0.674. The highest BCUT2D eigenvalue weighted by Gasteiger charge is 2.17. The Balaban J connectivity index is 1.96. The maximum atomic E-state index is 11.8. The van der Waals surface area contributed by atoms with Crippen molar-refractivity contribution >= 4 is 10.8 Å². The number of unbranched alkanes of at least 4 members (excludes halogenated alkanes) is 1. The van der Waals surface area contributed by atoms with Gasteiger partial charge in [-0.3, -0.25) is 4.21 Å². The van der Waals surface area contributed by atoms with E-state index in [-0.39, 0.29) is 6.10 Å². The van der Waals surface area contributed by atoms with Gasteiger partial charge in [0.2, 0.25) is 0 Å². The zero-order valence-electron chi connectivity index (χ0n) is 11.2. The summed E-state index contributed by atoms with van der Waals surface area (Å²) >= 11 is 0. The van der Waals surface area contributed by atoms with E-state index < -0.39 is 10.8 Å². The molecule has 0 aromatic heterocycles. The van der Waals surface area contributed by atoms with Gasteiger partial charge in [-0.1, -0.05) is 13.3 Å². The third-order valence-corrected chi connectivity index (χ3v) is 4.70. The van der Waals surface area contributed by atoms with Crippen LogP contribution in [0.3, 0.4) is 0 Å². The lowest BCUT2D eigenvalue weighted by atomic mass is 10.1. The normalized spacial score (nSPS) is 23.8. The van der Waals surface area contributed by atoms with Gasteiger partial charge in [0.1, 0.15) is 0 Å². The van der Waals surface area contributed by atoms with Crippen LogP contribution in [0.25, 0.3) is 0 Å². The summed E-state index contributed by atoms with van der Waals surface area (Å²) in [4.78, 5) is 0. The average molecular weight is 261 g/mol. The highest BCUT2D eigenvalue weighted by atomic mass is 32.2. The molecule has 1 aliphatic heterocycles. The summed E-state index contributed by atoms with van der Waals surface area (Å²) < 4.78 is 17.3. The first kappa shape index (κ1) is 15.1. The van der Waals surface area contributed by atoms with Crippen LogP contribution >= 0.6 is 0 Å². The van der Waals surface area contributed by atoms with Crippen molar-refractivity contribution in [2.75, 3.05) is 24.7 Å². The van der Waals surface area contributed by atoms with Crippen LogP contribution in [0, 0.1) is 0 Å². The molecule has 1 saturated heterocycles. The average Bonchev–Trinajstić information content (AvgIpc) is 2.77. The van der Waals surface area contributed by atoms with Crippen molar-refractivity contribution < 1.29 is 8.95 Å². The van der Waals surface area contributed by atoms with E-state index in [1.165, 1.54) is 12.8 Å². The van der Waals surface area contributed by atoms with Crippen LogP contribution in [0.2, 0.25) is 0 Å². The van der Waals surface area contributed by atoms with Crippen LogP contribution in [0.15, 0.2) is 0 Å². The highest BCUT2D eigenvalue weighted by molar-refractivity contribution is 7.85. The Labute approximate surface area is 108 Å². The molecular weight excluding hydrogens is 234 g/mol. The number of nitrogens with one attached hydrogen (secondary N) is 1. The van der Waals surface area contributed by atoms with Crippen LogP contribution in [0.4, 0.5) is 0 Å². The number of ether oxygens (including phenoxy) is 1. The molecule has 0 saturated carbocycles. The first-order valence-corrected chi connectivity index (χ1v) is 8.41. The molecular formula is C13H27NO2S. The van der Waals surface area contributed by atoms with Gasteiger partial charge in [0, 0.05) is 35.0 Å². The molecule has 1 heterocycles. The molecule has 102 valence electrons. The monoisotopic (exact) mass is 261 g/mol. The summed E-state index contributed by atoms with van der Waals surface area (Å²) in [6, 6.07) is 0.589. The lowest BCUT2D eigenvalue weighted by Crippen LogP contribution is -2.25. The van der Waals surface area contributed by atoms with Gasteiger partial charge in [0.05, 0.1) is 6.10 Å². The van der Waals surface area contributed by atoms with Gasteiger partial charge in [0.15, 0.2) is 0 Å². The molecule has 1 rings (SSSR count). The minimum atomic E-state index is -0.674. The molecule has 3 atom stereocenters. The molecule has 0 amide bonds. The maximum absolute atomic E-state index is 11.8. The van der Waals surface area contributed by atoms with Crippen LogP contribution in [0.1, 0.15) is 46.0 Å². The summed E-state index contributed by atoms with van der Waals surface area (Å²) in [6.07, 6.45) is 5.95. The van der Waals surface area contributed by atoms with Crippen molar-refractivity contribution in [2.24, 2.45) is 0 Å². The molecule has 0 aromatic carbocycles. The first-order valence-electron chi connectivity index (χ1n) is 6.92. The van der Waals surface area contributed by atoms with E-state index in [9.17, 15) is 4.21 Å². The molecule has 4 heteroatoms. The lowest BCUT2D eigenvalue weighted by molar-refractivity contribution is 0.128. The minimum Gasteiger partial charge on any atom is -0.377 e. The van der Waals surface area contributed by atoms with Crippen LogP contribution in [0.5, 0.6) is 0 Å². The second kappa shape index (κ2) is 9.06. The first-order chi connectivity index (χ1) is 8.22. The molecule has 0 aromatic rings. The number of hydrogen-bond acceptors (Lipinski definition) is 3. The van der Waals surface area contributed by atoms with Crippen LogP contribution in [-0.2, 0) is 15.5 Å². The van der Waals surface area contributed by atoms with Gasteiger partial charge < -0.3 is 10.1 Å². The zero-order chi connectivity index (χ0) is 12.5. The zero-order valence-corrected chi connectivity index (χ0v) is 12.1. The van der Waals surface area contributed by atoms with Crippen LogP contribution < -0.4 is 5.32 Å². The highest BCUT2D eigenvalue weighted by Crippen LogP contribution is 2.13. The fourth-order valence-electron chi connectivity index (χ4n) is 2.23. The molecule has 0 spiro atoms. The third kappa shape index (κ3) is 7.17. The van der Waals surface area contributed by atoms with Crippen molar-refractivity contribution in [3.63, 3.8) is 0 Å². The SMILES string of the molecule is CCNC(C)CCCCS(=O)CC1CCCO1. The second-order valence-corrected chi connectivity index (χ2v) is 6.52. The van der Waals surface area contributed by atoms with Crippen LogP contribution in [-0.4, -0.2) is 41.0 Å². The van der Waals surface area contributed by atoms with Crippen molar-refractivity contribution in [3.05, 3.63) is 0 Å². The lowest BCUT2D eigenvalue weighted by Gasteiger charge is -2.12. The van der Waals surface area contributed by atoms with E-state index in [0.717, 1.165) is 43.9 Å². The summed E-state index contributed by atoms with van der Waals surface area (Å²) in [6.45, 7) is 6.24. The number of rotatable bonds is 9. The quantitative estimate of drug-likeness (QED) is 0.646. The Hall–Kier alpha value is 0.0700. The van der Waals surface area contributed by atoms with Crippen molar-refractivity contribution in [2.45, 2.75) is 58.1 Å². The van der Waals surface area contributed by atoms with E-state index in [2.05, 4.69) is 19.2 Å². The van der Waals surface area contributed by atoms with E-state index in [1.54, 1.807) is 0 Å². The summed E-state index contributed by atoms with van der Waals surface area (Å²) in [5, 5.41) is 3.40. The molecule has 1 fully saturated rings. The molecule has 3 nitrogen and oxygen atoms in total. The van der Waals surface area contributed by atoms with Gasteiger partial charge in [0.25, 0.3) is 0 Å². The van der Waals surface area contributed by atoms with Crippen molar-refractivity contribution in [1.29, 1.82) is 0 Å². The predicted molar refractivity (Wildman–Crippen MR) is 73.8 cm³/mol. The minimum absolute atomic E-state index is 0.275. The van der Waals surface area contributed by atoms with Gasteiger partial charge in [-0.25, -0.2) is 0 Å². The molecule has 3 unspecified atom stereocenters. The fraction of sp³-hybridized carbons (Fsp3) is 1.00. The topological polar surface area (TPSA) is 38.3 Å². The molecule has 17 heavy (non-hydrogen) atoms. The van der Waals surface area contributed by atoms with Crippen molar-refractivity contribution in [3.8, 4) is 0 Å². The van der Waals surface area contributed by atoms with E-state index in [0.29, 0.717) is 6.04 Å². The molecule has 0 radical (unpaired) electrons. The standard InChI is InChI=1S/C13H27NO2S/c1-3-14-12(2)7-4-5-10-17(15)11-13-8-6-9-16-13/h12-14H,3-11H2,1-2H3. The number of hydrogen-bond donors (Lipinski definition) is 1. The predicted octanol–water partition coefficient (Wildman–Crippen LogP) is 2.08. The van der Waals surface area contributed by atoms with Gasteiger partial charge >= 0.3 is 0 Å². The fourth-order valence-corrected chi connectivity index (χ4v) is 3.60. The van der Waals surface area contributed by atoms with E-state index >= 15 is 0 Å². The maximum Gasteiger partial charge on any atom is 0.0691 e. The van der Waals surface area contributed by atoms with E-state index in [4.69, 9.17) is 4.74 Å². The Morgan fingerprint density at radius 1 is 1.47 bits per heavy atom. The third-order valence-electron chi connectivity index (χ3n) is 3.21. The summed E-state index contributed by atoms with van der Waals surface area (Å²) in [5.41, 5.74) is 0. The Morgan fingerprint density at radius 3 is 2.94 bits per heavy atom. The van der Waals surface area contributed by atoms with Gasteiger partial charge in [-0.2, -0.15) is 0 Å². The van der Waals surface area contributed by atoms with E-state index in [1.807, 2.05) is 0 Å². The molecule has 0 bridgehead atoms. The van der Waals surface area contributed by atoms with Gasteiger partial charge in [-0.15, -0.1) is 0 Å². The molecule has 0 aliphatic carbocycles.